The van der Waals surface area contributed by atoms with Crippen LogP contribution in [0, 0.1) is 0 Å². The molecule has 0 saturated heterocycles. The van der Waals surface area contributed by atoms with Crippen molar-refractivity contribution in [3.8, 4) is 0 Å². The van der Waals surface area contributed by atoms with Crippen LogP contribution in [0.2, 0.25) is 0 Å². The summed E-state index contributed by atoms with van der Waals surface area (Å²) in [7, 11) is 0. The van der Waals surface area contributed by atoms with Gasteiger partial charge in [0.25, 0.3) is 0 Å². The van der Waals surface area contributed by atoms with E-state index in [-0.39, 0.29) is 12.4 Å². The average Bonchev–Trinajstić information content (AvgIpc) is 1.79. The summed E-state index contributed by atoms with van der Waals surface area (Å²) in [6.07, 6.45) is 10.8. The summed E-state index contributed by atoms with van der Waals surface area (Å²) in [5.74, 6) is 0. The summed E-state index contributed by atoms with van der Waals surface area (Å²) in [4.78, 5) is 0. The average molecular weight is 162 g/mol. The van der Waals surface area contributed by atoms with Gasteiger partial charge >= 0.3 is 0 Å². The van der Waals surface area contributed by atoms with E-state index in [1.54, 1.807) is 0 Å². The summed E-state index contributed by atoms with van der Waals surface area (Å²) in [5, 5.41) is 0. The first-order chi connectivity index (χ1) is 4.39. The number of allylic oxidation sites excluding steroid dienone is 1. The van der Waals surface area contributed by atoms with Gasteiger partial charge in [-0.25, -0.2) is 0 Å². The lowest BCUT2D eigenvalue weighted by atomic mass is 10.0. The molecular weight excluding hydrogens is 146 g/mol. The van der Waals surface area contributed by atoms with Crippen molar-refractivity contribution in [2.75, 3.05) is 0 Å². The lowest BCUT2D eigenvalue weighted by Crippen LogP contribution is -2.16. The van der Waals surface area contributed by atoms with E-state index in [1.165, 1.54) is 32.1 Å². The molecule has 2 heteroatoms. The standard InChI is InChI=1S/C8H15N.ClH/c9-8-6-4-2-1-3-5-7-8;/h4,6,8H,1-3,5,7,9H2;1H/b6-4-;. The molecule has 1 aliphatic carbocycles. The lowest BCUT2D eigenvalue weighted by molar-refractivity contribution is 0.593. The predicted octanol–water partition coefficient (Wildman–Crippen LogP) is 2.26. The second kappa shape index (κ2) is 5.75. The molecule has 0 bridgehead atoms. The van der Waals surface area contributed by atoms with Gasteiger partial charge in [0.15, 0.2) is 0 Å². The van der Waals surface area contributed by atoms with Crippen molar-refractivity contribution < 1.29 is 0 Å². The molecule has 0 heterocycles. The molecule has 0 fully saturated rings. The van der Waals surface area contributed by atoms with Crippen molar-refractivity contribution in [1.82, 2.24) is 0 Å². The SMILES string of the molecule is Cl.NC1/C=C\CCCCC1. The van der Waals surface area contributed by atoms with Gasteiger partial charge in [-0.1, -0.05) is 25.0 Å². The van der Waals surface area contributed by atoms with Crippen molar-refractivity contribution in [1.29, 1.82) is 0 Å². The van der Waals surface area contributed by atoms with Gasteiger partial charge < -0.3 is 5.73 Å². The zero-order valence-electron chi connectivity index (χ0n) is 6.25. The molecule has 0 spiro atoms. The highest BCUT2D eigenvalue weighted by Gasteiger charge is 1.98. The zero-order chi connectivity index (χ0) is 6.53. The van der Waals surface area contributed by atoms with Crippen LogP contribution in [0.1, 0.15) is 32.1 Å². The Morgan fingerprint density at radius 3 is 2.80 bits per heavy atom. The molecule has 0 saturated carbocycles. The highest BCUT2D eigenvalue weighted by molar-refractivity contribution is 5.85. The molecule has 60 valence electrons. The van der Waals surface area contributed by atoms with E-state index < -0.39 is 0 Å². The molecule has 0 aromatic carbocycles. The van der Waals surface area contributed by atoms with Gasteiger partial charge in [0.2, 0.25) is 0 Å². The first-order valence-electron chi connectivity index (χ1n) is 3.82. The van der Waals surface area contributed by atoms with Crippen LogP contribution in [-0.2, 0) is 0 Å². The smallest absolute Gasteiger partial charge is 0.0223 e. The van der Waals surface area contributed by atoms with Gasteiger partial charge in [-0.05, 0) is 19.3 Å². The van der Waals surface area contributed by atoms with Gasteiger partial charge in [0.1, 0.15) is 0 Å². The summed E-state index contributed by atoms with van der Waals surface area (Å²) in [6.45, 7) is 0. The van der Waals surface area contributed by atoms with Gasteiger partial charge in [0.05, 0.1) is 0 Å². The minimum atomic E-state index is 0. The third-order valence-electron chi connectivity index (χ3n) is 1.79. The van der Waals surface area contributed by atoms with Crippen molar-refractivity contribution >= 4 is 12.4 Å². The van der Waals surface area contributed by atoms with Crippen LogP contribution in [0.5, 0.6) is 0 Å². The van der Waals surface area contributed by atoms with Crippen molar-refractivity contribution in [2.45, 2.75) is 38.1 Å². The lowest BCUT2D eigenvalue weighted by Gasteiger charge is -2.08. The number of nitrogens with two attached hydrogens (primary N) is 1. The Hall–Kier alpha value is -0.0100. The quantitative estimate of drug-likeness (QED) is 0.542. The predicted molar refractivity (Wildman–Crippen MR) is 47.4 cm³/mol. The summed E-state index contributed by atoms with van der Waals surface area (Å²) in [6, 6.07) is 0.338. The van der Waals surface area contributed by atoms with Crippen LogP contribution in [-0.4, -0.2) is 6.04 Å². The minimum absolute atomic E-state index is 0. The number of hydrogen-bond donors (Lipinski definition) is 1. The van der Waals surface area contributed by atoms with E-state index in [0.29, 0.717) is 6.04 Å². The Bertz CT molecular complexity index is 101. The second-order valence-corrected chi connectivity index (χ2v) is 2.73. The third kappa shape index (κ3) is 3.91. The van der Waals surface area contributed by atoms with Crippen LogP contribution >= 0.6 is 12.4 Å². The van der Waals surface area contributed by atoms with E-state index in [9.17, 15) is 0 Å². The maximum Gasteiger partial charge on any atom is 0.0223 e. The van der Waals surface area contributed by atoms with Crippen LogP contribution in [0.4, 0.5) is 0 Å². The fourth-order valence-electron chi connectivity index (χ4n) is 1.19. The Morgan fingerprint density at radius 1 is 1.20 bits per heavy atom. The molecule has 0 aliphatic heterocycles. The molecule has 1 unspecified atom stereocenters. The Morgan fingerprint density at radius 2 is 2.00 bits per heavy atom. The Kier molecular flexibility index (Phi) is 5.74. The van der Waals surface area contributed by atoms with E-state index in [4.69, 9.17) is 5.73 Å². The molecule has 1 atom stereocenters. The van der Waals surface area contributed by atoms with E-state index in [2.05, 4.69) is 12.2 Å². The Labute approximate surface area is 69.1 Å². The van der Waals surface area contributed by atoms with Crippen molar-refractivity contribution in [2.24, 2.45) is 5.73 Å². The molecule has 0 aromatic rings. The molecule has 1 rings (SSSR count). The van der Waals surface area contributed by atoms with Crippen LogP contribution < -0.4 is 5.73 Å². The molecule has 0 aromatic heterocycles. The zero-order valence-corrected chi connectivity index (χ0v) is 7.07. The van der Waals surface area contributed by atoms with Gasteiger partial charge in [-0.15, -0.1) is 12.4 Å². The van der Waals surface area contributed by atoms with E-state index in [1.807, 2.05) is 0 Å². The number of halogens is 1. The van der Waals surface area contributed by atoms with Gasteiger partial charge in [-0.3, -0.25) is 0 Å². The topological polar surface area (TPSA) is 26.0 Å². The largest absolute Gasteiger partial charge is 0.324 e. The Balaban J connectivity index is 0.000000810. The first kappa shape index (κ1) is 9.99. The number of rotatable bonds is 0. The fraction of sp³-hybridized carbons (Fsp3) is 0.750. The van der Waals surface area contributed by atoms with E-state index >= 15 is 0 Å². The van der Waals surface area contributed by atoms with Crippen molar-refractivity contribution in [3.05, 3.63) is 12.2 Å². The summed E-state index contributed by atoms with van der Waals surface area (Å²) in [5.41, 5.74) is 5.72. The monoisotopic (exact) mass is 161 g/mol. The normalized spacial score (nSPS) is 29.5. The molecular formula is C8H16ClN. The van der Waals surface area contributed by atoms with E-state index in [0.717, 1.165) is 0 Å². The third-order valence-corrected chi connectivity index (χ3v) is 1.79. The van der Waals surface area contributed by atoms with Gasteiger partial charge in [-0.2, -0.15) is 0 Å². The van der Waals surface area contributed by atoms with Crippen LogP contribution in [0.25, 0.3) is 0 Å². The van der Waals surface area contributed by atoms with Crippen LogP contribution in [0.15, 0.2) is 12.2 Å². The molecule has 1 aliphatic rings. The number of hydrogen-bond acceptors (Lipinski definition) is 1. The molecule has 10 heavy (non-hydrogen) atoms. The molecule has 1 nitrogen and oxygen atoms in total. The van der Waals surface area contributed by atoms with Gasteiger partial charge in [0, 0.05) is 6.04 Å². The second-order valence-electron chi connectivity index (χ2n) is 2.73. The maximum absolute atomic E-state index is 5.72. The van der Waals surface area contributed by atoms with Crippen LogP contribution in [0.3, 0.4) is 0 Å². The first-order valence-corrected chi connectivity index (χ1v) is 3.82. The summed E-state index contributed by atoms with van der Waals surface area (Å²) < 4.78 is 0. The minimum Gasteiger partial charge on any atom is -0.324 e. The molecule has 2 N–H and O–H groups in total. The summed E-state index contributed by atoms with van der Waals surface area (Å²) >= 11 is 0. The molecule has 0 radical (unpaired) electrons. The molecule has 0 amide bonds. The fourth-order valence-corrected chi connectivity index (χ4v) is 1.19. The highest BCUT2D eigenvalue weighted by Crippen LogP contribution is 2.09. The maximum atomic E-state index is 5.72. The highest BCUT2D eigenvalue weighted by atomic mass is 35.5. The van der Waals surface area contributed by atoms with Crippen molar-refractivity contribution in [3.63, 3.8) is 0 Å².